The Balaban J connectivity index is 4.44. The fourth-order valence-electron chi connectivity index (χ4n) is 8.80. The van der Waals surface area contributed by atoms with E-state index in [-0.39, 0.29) is 31.1 Å². The van der Waals surface area contributed by atoms with E-state index in [1.807, 2.05) is 0 Å². The summed E-state index contributed by atoms with van der Waals surface area (Å²) in [7, 11) is 0. The molecule has 0 N–H and O–H groups in total. The summed E-state index contributed by atoms with van der Waals surface area (Å²) in [4.78, 5) is 38.4. The Labute approximate surface area is 505 Å². The van der Waals surface area contributed by atoms with Crippen molar-refractivity contribution in [3.63, 3.8) is 0 Å². The molecule has 0 amide bonds. The molecule has 0 bridgehead atoms. The number of carbonyl (C=O) groups excluding carboxylic acids is 3. The van der Waals surface area contributed by atoms with Crippen molar-refractivity contribution in [2.75, 3.05) is 13.2 Å². The molecule has 462 valence electrons. The van der Waals surface area contributed by atoms with Crippen LogP contribution in [0.4, 0.5) is 0 Å². The van der Waals surface area contributed by atoms with Crippen molar-refractivity contribution < 1.29 is 28.6 Å². The predicted octanol–water partition coefficient (Wildman–Crippen LogP) is 23.3. The Hall–Kier alpha value is -4.97. The van der Waals surface area contributed by atoms with E-state index in [0.717, 1.165) is 161 Å². The lowest BCUT2D eigenvalue weighted by Crippen LogP contribution is -2.30. The molecule has 0 aromatic carbocycles. The van der Waals surface area contributed by atoms with E-state index in [1.54, 1.807) is 0 Å². The smallest absolute Gasteiger partial charge is 0.306 e. The third-order valence-electron chi connectivity index (χ3n) is 13.7. The Kier molecular flexibility index (Phi) is 64.4. The molecule has 0 aromatic heterocycles. The highest BCUT2D eigenvalue weighted by molar-refractivity contribution is 5.71. The SMILES string of the molecule is CC/C=C\C/C=C\C/C=C\C/C=C\C/C=C\C/C=C\C/C=C\C/C=C\C/C=C\CCCCCC(=O)OCC(COC(=O)CCCCCCC/C=C\C/C=C\C/C=C\CC)OC(=O)CCCCCCCCC/C=C\CCCCCCCCC. The van der Waals surface area contributed by atoms with Crippen LogP contribution in [0, 0.1) is 0 Å². The zero-order chi connectivity index (χ0) is 59.2. The van der Waals surface area contributed by atoms with Gasteiger partial charge in [-0.05, 0) is 148 Å². The van der Waals surface area contributed by atoms with Gasteiger partial charge in [-0.3, -0.25) is 14.4 Å². The molecule has 0 heterocycles. The van der Waals surface area contributed by atoms with Gasteiger partial charge in [-0.1, -0.05) is 275 Å². The Morgan fingerprint density at radius 2 is 0.476 bits per heavy atom. The van der Waals surface area contributed by atoms with Gasteiger partial charge in [0, 0.05) is 19.3 Å². The van der Waals surface area contributed by atoms with Gasteiger partial charge >= 0.3 is 17.9 Å². The van der Waals surface area contributed by atoms with Crippen LogP contribution in [0.3, 0.4) is 0 Å². The standard InChI is InChI=1S/C76H122O6/c1-4-7-10-13-16-19-22-25-28-30-32-33-34-35-36-37-38-39-40-41-42-43-44-46-48-51-54-57-60-63-66-69-75(78)81-72-73(71-80-74(77)68-65-62-59-56-53-50-47-27-24-21-18-15-12-9-6-3)82-76(79)70-67-64-61-58-55-52-49-45-31-29-26-23-20-17-14-11-8-5-2/h7,9-10,12,16,18-19,21,25,27-29,31-33,35-36,38-39,41-42,44,46-47,51,54,73H,4-6,8,11,13-15,17,20,22-24,26,30,34,37,40,43,45,48-50,52-53,55-72H2,1-3H3/b10-7-,12-9-,19-16-,21-18-,28-25-,31-29-,33-32-,36-35-,39-38-,42-41-,46-44-,47-27-,54-51-. The molecule has 1 unspecified atom stereocenters. The summed E-state index contributed by atoms with van der Waals surface area (Å²) in [6.07, 6.45) is 99.7. The average Bonchev–Trinajstić information content (AvgIpc) is 3.47. The van der Waals surface area contributed by atoms with E-state index in [9.17, 15) is 14.4 Å². The fourth-order valence-corrected chi connectivity index (χ4v) is 8.80. The van der Waals surface area contributed by atoms with Crippen molar-refractivity contribution in [2.24, 2.45) is 0 Å². The molecule has 0 fully saturated rings. The lowest BCUT2D eigenvalue weighted by molar-refractivity contribution is -0.167. The maximum Gasteiger partial charge on any atom is 0.306 e. The van der Waals surface area contributed by atoms with Gasteiger partial charge in [-0.25, -0.2) is 0 Å². The van der Waals surface area contributed by atoms with Crippen molar-refractivity contribution in [2.45, 2.75) is 290 Å². The monoisotopic (exact) mass is 1130 g/mol. The van der Waals surface area contributed by atoms with Gasteiger partial charge in [0.1, 0.15) is 13.2 Å². The van der Waals surface area contributed by atoms with Crippen LogP contribution in [-0.4, -0.2) is 37.2 Å². The van der Waals surface area contributed by atoms with E-state index in [2.05, 4.69) is 179 Å². The van der Waals surface area contributed by atoms with Crippen molar-refractivity contribution in [1.29, 1.82) is 0 Å². The van der Waals surface area contributed by atoms with Gasteiger partial charge in [0.25, 0.3) is 0 Å². The van der Waals surface area contributed by atoms with E-state index in [1.165, 1.54) is 83.5 Å². The molecule has 0 aliphatic carbocycles. The van der Waals surface area contributed by atoms with Gasteiger partial charge in [0.05, 0.1) is 0 Å². The number of allylic oxidation sites excluding steroid dienone is 26. The molecular formula is C76H122O6. The van der Waals surface area contributed by atoms with Gasteiger partial charge in [-0.15, -0.1) is 0 Å². The molecule has 1 atom stereocenters. The fraction of sp³-hybridized carbons (Fsp3) is 0.618. The summed E-state index contributed by atoms with van der Waals surface area (Å²) in [6.45, 7) is 6.37. The number of ether oxygens (including phenoxy) is 3. The van der Waals surface area contributed by atoms with Gasteiger partial charge in [0.15, 0.2) is 6.10 Å². The molecule has 0 rings (SSSR count). The normalized spacial score (nSPS) is 13.2. The molecular weight excluding hydrogens is 1010 g/mol. The molecule has 0 aliphatic heterocycles. The Bertz CT molecular complexity index is 1830. The topological polar surface area (TPSA) is 78.9 Å². The zero-order valence-electron chi connectivity index (χ0n) is 52.9. The highest BCUT2D eigenvalue weighted by Crippen LogP contribution is 2.15. The van der Waals surface area contributed by atoms with Crippen LogP contribution in [0.1, 0.15) is 284 Å². The van der Waals surface area contributed by atoms with E-state index in [4.69, 9.17) is 14.2 Å². The highest BCUT2D eigenvalue weighted by Gasteiger charge is 2.19. The molecule has 0 saturated heterocycles. The van der Waals surface area contributed by atoms with E-state index in [0.29, 0.717) is 19.3 Å². The number of hydrogen-bond acceptors (Lipinski definition) is 6. The largest absolute Gasteiger partial charge is 0.462 e. The number of hydrogen-bond donors (Lipinski definition) is 0. The summed E-state index contributed by atoms with van der Waals surface area (Å²) in [5, 5.41) is 0. The number of carbonyl (C=O) groups is 3. The third-order valence-corrected chi connectivity index (χ3v) is 13.7. The van der Waals surface area contributed by atoms with Crippen molar-refractivity contribution in [3.05, 3.63) is 158 Å². The van der Waals surface area contributed by atoms with Crippen molar-refractivity contribution in [1.82, 2.24) is 0 Å². The van der Waals surface area contributed by atoms with Gasteiger partial charge in [0.2, 0.25) is 0 Å². The second-order valence-electron chi connectivity index (χ2n) is 21.6. The first-order valence-electron chi connectivity index (χ1n) is 33.5. The molecule has 82 heavy (non-hydrogen) atoms. The molecule has 0 saturated carbocycles. The summed E-state index contributed by atoms with van der Waals surface area (Å²) < 4.78 is 16.9. The number of esters is 3. The Morgan fingerprint density at radius 3 is 0.768 bits per heavy atom. The minimum Gasteiger partial charge on any atom is -0.462 e. The zero-order valence-corrected chi connectivity index (χ0v) is 52.9. The molecule has 0 radical (unpaired) electrons. The van der Waals surface area contributed by atoms with Gasteiger partial charge in [-0.2, -0.15) is 0 Å². The second-order valence-corrected chi connectivity index (χ2v) is 21.6. The first kappa shape index (κ1) is 77.0. The maximum absolute atomic E-state index is 12.9. The molecule has 6 nitrogen and oxygen atoms in total. The van der Waals surface area contributed by atoms with Crippen LogP contribution < -0.4 is 0 Å². The molecule has 0 spiro atoms. The van der Waals surface area contributed by atoms with Crippen LogP contribution in [0.5, 0.6) is 0 Å². The summed E-state index contributed by atoms with van der Waals surface area (Å²) in [6, 6.07) is 0. The summed E-state index contributed by atoms with van der Waals surface area (Å²) in [5.41, 5.74) is 0. The van der Waals surface area contributed by atoms with Crippen LogP contribution in [0.15, 0.2) is 158 Å². The Morgan fingerprint density at radius 1 is 0.256 bits per heavy atom. The lowest BCUT2D eigenvalue weighted by Gasteiger charge is -2.18. The first-order valence-corrected chi connectivity index (χ1v) is 33.5. The van der Waals surface area contributed by atoms with Crippen LogP contribution in [0.2, 0.25) is 0 Å². The maximum atomic E-state index is 12.9. The van der Waals surface area contributed by atoms with Crippen LogP contribution in [-0.2, 0) is 28.6 Å². The molecule has 0 aromatic rings. The third kappa shape index (κ3) is 65.8. The minimum absolute atomic E-state index is 0.105. The summed E-state index contributed by atoms with van der Waals surface area (Å²) >= 11 is 0. The van der Waals surface area contributed by atoms with Crippen molar-refractivity contribution in [3.8, 4) is 0 Å². The van der Waals surface area contributed by atoms with Crippen molar-refractivity contribution >= 4 is 17.9 Å². The van der Waals surface area contributed by atoms with E-state index < -0.39 is 6.10 Å². The van der Waals surface area contributed by atoms with Gasteiger partial charge < -0.3 is 14.2 Å². The lowest BCUT2D eigenvalue weighted by atomic mass is 10.1. The predicted molar refractivity (Wildman–Crippen MR) is 357 cm³/mol. The van der Waals surface area contributed by atoms with E-state index >= 15 is 0 Å². The highest BCUT2D eigenvalue weighted by atomic mass is 16.6. The quantitative estimate of drug-likeness (QED) is 0.0261. The molecule has 6 heteroatoms. The van der Waals surface area contributed by atoms with Crippen LogP contribution in [0.25, 0.3) is 0 Å². The average molecular weight is 1130 g/mol. The summed E-state index contributed by atoms with van der Waals surface area (Å²) in [5.74, 6) is -0.958. The van der Waals surface area contributed by atoms with Crippen LogP contribution >= 0.6 is 0 Å². The minimum atomic E-state index is -0.810. The number of unbranched alkanes of at least 4 members (excludes halogenated alkanes) is 22. The number of rotatable bonds is 59. The molecule has 0 aliphatic rings. The first-order chi connectivity index (χ1) is 40.5. The second kappa shape index (κ2) is 68.5.